The highest BCUT2D eigenvalue weighted by Gasteiger charge is 2.49. The van der Waals surface area contributed by atoms with Crippen LogP contribution < -0.4 is 5.32 Å². The van der Waals surface area contributed by atoms with Crippen molar-refractivity contribution in [2.45, 2.75) is 31.7 Å². The van der Waals surface area contributed by atoms with Crippen LogP contribution in [0.3, 0.4) is 0 Å². The van der Waals surface area contributed by atoms with Gasteiger partial charge in [0.2, 0.25) is 0 Å². The van der Waals surface area contributed by atoms with Crippen molar-refractivity contribution in [3.05, 3.63) is 95.2 Å². The molecule has 0 aromatic heterocycles. The van der Waals surface area contributed by atoms with Gasteiger partial charge in [0.1, 0.15) is 5.71 Å². The molecule has 5 nitrogen and oxygen atoms in total. The molecule has 1 heterocycles. The van der Waals surface area contributed by atoms with Crippen LogP contribution in [0.1, 0.15) is 29.8 Å². The molecule has 1 aliphatic heterocycles. The number of rotatable bonds is 5. The van der Waals surface area contributed by atoms with E-state index in [0.717, 1.165) is 5.56 Å². The third-order valence-corrected chi connectivity index (χ3v) is 5.01. The fourth-order valence-corrected chi connectivity index (χ4v) is 3.47. The number of carbonyl (C=O) groups excluding carboxylic acids is 1. The van der Waals surface area contributed by atoms with E-state index in [9.17, 15) is 9.90 Å². The predicted molar refractivity (Wildman–Crippen MR) is 113 cm³/mol. The number of nitrogens with one attached hydrogen (secondary N) is 1. The summed E-state index contributed by atoms with van der Waals surface area (Å²) in [5.74, 6) is -1.97. The van der Waals surface area contributed by atoms with Crippen LogP contribution in [0.25, 0.3) is 0 Å². The highest BCUT2D eigenvalue weighted by atomic mass is 16.6. The minimum absolute atomic E-state index is 0.192. The van der Waals surface area contributed by atoms with E-state index in [1.54, 1.807) is 24.3 Å². The number of Topliss-reactive ketones (excluding diaryl/α,β-unsaturated/α-hetero) is 1. The van der Waals surface area contributed by atoms with E-state index in [2.05, 4.69) is 5.32 Å². The molecule has 5 heteroatoms. The summed E-state index contributed by atoms with van der Waals surface area (Å²) in [5.41, 5.74) is 2.14. The molecule has 0 saturated carbocycles. The Morgan fingerprint density at radius 3 is 2.41 bits per heavy atom. The monoisotopic (exact) mass is 388 g/mol. The van der Waals surface area contributed by atoms with Gasteiger partial charge >= 0.3 is 0 Å². The Kier molecular flexibility index (Phi) is 4.94. The fraction of sp³-hybridized carbons (Fsp3) is 0.250. The minimum atomic E-state index is -1.78. The Bertz CT molecular complexity index is 1010. The van der Waals surface area contributed by atoms with Crippen molar-refractivity contribution in [3.63, 3.8) is 0 Å². The molecular formula is C24H24N2O3. The molecular weight excluding hydrogens is 364 g/mol. The highest BCUT2D eigenvalue weighted by Crippen LogP contribution is 2.35. The number of aliphatic hydroxyl groups is 1. The van der Waals surface area contributed by atoms with Gasteiger partial charge in [-0.2, -0.15) is 0 Å². The number of carbonyl (C=O) groups is 1. The fourth-order valence-electron chi connectivity index (χ4n) is 3.47. The van der Waals surface area contributed by atoms with E-state index in [1.165, 1.54) is 0 Å². The van der Waals surface area contributed by atoms with Crippen LogP contribution in [0.4, 0.5) is 0 Å². The summed E-state index contributed by atoms with van der Waals surface area (Å²) >= 11 is 0. The van der Waals surface area contributed by atoms with Crippen molar-refractivity contribution in [3.8, 4) is 0 Å². The molecule has 2 aromatic carbocycles. The first kappa shape index (κ1) is 19.3. The van der Waals surface area contributed by atoms with Crippen molar-refractivity contribution < 1.29 is 14.6 Å². The van der Waals surface area contributed by atoms with E-state index in [1.807, 2.05) is 62.4 Å². The topological polar surface area (TPSA) is 70.9 Å². The Balaban J connectivity index is 1.71. The Hall–Kier alpha value is -3.02. The smallest absolute Gasteiger partial charge is 0.252 e. The van der Waals surface area contributed by atoms with Crippen LogP contribution in [-0.2, 0) is 11.3 Å². The summed E-state index contributed by atoms with van der Waals surface area (Å²) in [5, 5.41) is 14.7. The molecule has 2 aliphatic rings. The van der Waals surface area contributed by atoms with Crippen LogP contribution in [0, 0.1) is 0 Å². The lowest BCUT2D eigenvalue weighted by Crippen LogP contribution is -2.56. The van der Waals surface area contributed by atoms with Crippen LogP contribution in [0.2, 0.25) is 0 Å². The number of ketones is 1. The number of nitrogens with zero attached hydrogens (tertiary/aromatic N) is 1. The summed E-state index contributed by atoms with van der Waals surface area (Å²) in [7, 11) is 0. The van der Waals surface area contributed by atoms with Crippen LogP contribution >= 0.6 is 0 Å². The molecule has 0 fully saturated rings. The number of ether oxygens (including phenoxy) is 1. The number of aliphatic imine (C=N–C) groups is 1. The maximum Gasteiger partial charge on any atom is 0.252 e. The minimum Gasteiger partial charge on any atom is -0.380 e. The molecule has 1 aliphatic carbocycles. The SMILES string of the molecule is CC1(C)COC2(O)C(NCc3ccccc3)=CC=C(C(=O)c3ccccc3)C2=N1. The third-order valence-electron chi connectivity index (χ3n) is 5.01. The van der Waals surface area contributed by atoms with Crippen molar-refractivity contribution in [2.24, 2.45) is 4.99 Å². The van der Waals surface area contributed by atoms with Gasteiger partial charge in [0, 0.05) is 17.7 Å². The van der Waals surface area contributed by atoms with Crippen molar-refractivity contribution in [2.75, 3.05) is 6.61 Å². The Labute approximate surface area is 170 Å². The second kappa shape index (κ2) is 7.43. The zero-order chi connectivity index (χ0) is 20.5. The lowest BCUT2D eigenvalue weighted by atomic mass is 9.86. The molecule has 0 saturated heterocycles. The Morgan fingerprint density at radius 1 is 1.07 bits per heavy atom. The largest absolute Gasteiger partial charge is 0.380 e. The zero-order valence-corrected chi connectivity index (χ0v) is 16.6. The van der Waals surface area contributed by atoms with Crippen LogP contribution in [0.5, 0.6) is 0 Å². The van der Waals surface area contributed by atoms with Gasteiger partial charge in [-0.1, -0.05) is 60.7 Å². The molecule has 0 amide bonds. The molecule has 4 rings (SSSR count). The molecule has 2 N–H and O–H groups in total. The lowest BCUT2D eigenvalue weighted by Gasteiger charge is -2.42. The van der Waals surface area contributed by atoms with Crippen molar-refractivity contribution in [1.82, 2.24) is 5.32 Å². The summed E-state index contributed by atoms with van der Waals surface area (Å²) in [6.07, 6.45) is 3.41. The molecule has 0 radical (unpaired) electrons. The number of hydrogen-bond acceptors (Lipinski definition) is 5. The van der Waals surface area contributed by atoms with Gasteiger partial charge in [0.15, 0.2) is 5.78 Å². The predicted octanol–water partition coefficient (Wildman–Crippen LogP) is 3.42. The summed E-state index contributed by atoms with van der Waals surface area (Å²) in [4.78, 5) is 17.8. The first-order chi connectivity index (χ1) is 13.9. The number of allylic oxidation sites excluding steroid dienone is 2. The maximum atomic E-state index is 13.1. The van der Waals surface area contributed by atoms with Crippen molar-refractivity contribution in [1.29, 1.82) is 0 Å². The highest BCUT2D eigenvalue weighted by molar-refractivity contribution is 6.31. The van der Waals surface area contributed by atoms with E-state index in [-0.39, 0.29) is 18.1 Å². The first-order valence-corrected chi connectivity index (χ1v) is 9.66. The zero-order valence-electron chi connectivity index (χ0n) is 16.6. The van der Waals surface area contributed by atoms with Gasteiger partial charge in [-0.15, -0.1) is 0 Å². The Morgan fingerprint density at radius 2 is 1.72 bits per heavy atom. The summed E-state index contributed by atoms with van der Waals surface area (Å²) < 4.78 is 5.90. The van der Waals surface area contributed by atoms with Crippen LogP contribution in [0.15, 0.2) is 89.1 Å². The van der Waals surface area contributed by atoms with Crippen LogP contribution in [-0.4, -0.2) is 34.5 Å². The molecule has 0 spiro atoms. The molecule has 1 atom stereocenters. The molecule has 1 unspecified atom stereocenters. The van der Waals surface area contributed by atoms with Gasteiger partial charge in [-0.25, -0.2) is 0 Å². The molecule has 29 heavy (non-hydrogen) atoms. The van der Waals surface area contributed by atoms with Gasteiger partial charge in [-0.05, 0) is 31.6 Å². The standard InChI is InChI=1S/C24H24N2O3/c1-23(2)16-29-24(28)20(25-15-17-9-5-3-6-10-17)14-13-19(22(24)26-23)21(27)18-11-7-4-8-12-18/h3-14,25,28H,15-16H2,1-2H3. The number of fused-ring (bicyclic) bond motifs is 1. The number of benzene rings is 2. The van der Waals surface area contributed by atoms with Gasteiger partial charge in [0.25, 0.3) is 5.79 Å². The second-order valence-corrected chi connectivity index (χ2v) is 7.90. The van der Waals surface area contributed by atoms with E-state index >= 15 is 0 Å². The number of hydrogen-bond donors (Lipinski definition) is 2. The molecule has 2 aromatic rings. The van der Waals surface area contributed by atoms with Gasteiger partial charge in [-0.3, -0.25) is 9.79 Å². The average Bonchev–Trinajstić information content (AvgIpc) is 2.73. The quantitative estimate of drug-likeness (QED) is 0.770. The van der Waals surface area contributed by atoms with E-state index in [4.69, 9.17) is 9.73 Å². The lowest BCUT2D eigenvalue weighted by molar-refractivity contribution is -0.144. The average molecular weight is 388 g/mol. The van der Waals surface area contributed by atoms with E-state index in [0.29, 0.717) is 23.4 Å². The summed E-state index contributed by atoms with van der Waals surface area (Å²) in [6.45, 7) is 4.59. The van der Waals surface area contributed by atoms with Crippen molar-refractivity contribution >= 4 is 11.5 Å². The summed E-state index contributed by atoms with van der Waals surface area (Å²) in [6, 6.07) is 18.9. The molecule has 0 bridgehead atoms. The third kappa shape index (κ3) is 3.79. The van der Waals surface area contributed by atoms with Gasteiger partial charge in [0.05, 0.1) is 17.8 Å². The first-order valence-electron chi connectivity index (χ1n) is 9.66. The van der Waals surface area contributed by atoms with Gasteiger partial charge < -0.3 is 15.2 Å². The normalized spacial score (nSPS) is 22.7. The van der Waals surface area contributed by atoms with E-state index < -0.39 is 11.3 Å². The second-order valence-electron chi connectivity index (χ2n) is 7.90. The maximum absolute atomic E-state index is 13.1. The molecule has 148 valence electrons.